The molecule has 0 aliphatic heterocycles. The van der Waals surface area contributed by atoms with Gasteiger partial charge in [0.1, 0.15) is 6.42 Å². The molecule has 3 N–H and O–H groups in total. The van der Waals surface area contributed by atoms with Gasteiger partial charge in [-0.25, -0.2) is 5.43 Å². The van der Waals surface area contributed by atoms with Crippen LogP contribution in [-0.2, 0) is 16.0 Å². The number of methoxy groups -OCH3 is 1. The number of ether oxygens (including phenoxy) is 1. The molecule has 0 aliphatic carbocycles. The van der Waals surface area contributed by atoms with Crippen LogP contribution in [0.15, 0.2) is 54.2 Å². The van der Waals surface area contributed by atoms with Gasteiger partial charge in [-0.05, 0) is 36.2 Å². The largest absolute Gasteiger partial charge is 0.504 e. The van der Waals surface area contributed by atoms with E-state index in [4.69, 9.17) is 16.3 Å². The molecule has 0 heterocycles. The maximum atomic E-state index is 11.9. The zero-order valence-corrected chi connectivity index (χ0v) is 16.0. The van der Waals surface area contributed by atoms with E-state index >= 15 is 0 Å². The number of benzene rings is 2. The average molecular weight is 402 g/mol. The molecule has 2 rings (SSSR count). The van der Waals surface area contributed by atoms with E-state index in [1.807, 2.05) is 0 Å². The molecule has 0 radical (unpaired) electrons. The summed E-state index contributed by atoms with van der Waals surface area (Å²) in [5.74, 6) is -0.788. The third-order valence-electron chi connectivity index (χ3n) is 3.63. The Labute approximate surface area is 167 Å². The smallest absolute Gasteiger partial charge is 0.249 e. The third kappa shape index (κ3) is 5.85. The second-order valence-corrected chi connectivity index (χ2v) is 6.13. The van der Waals surface area contributed by atoms with Gasteiger partial charge >= 0.3 is 0 Å². The van der Waals surface area contributed by atoms with Gasteiger partial charge in [0, 0.05) is 5.56 Å². The highest BCUT2D eigenvalue weighted by atomic mass is 35.5. The van der Waals surface area contributed by atoms with Gasteiger partial charge in [-0.3, -0.25) is 9.59 Å². The number of para-hydroxylation sites is 1. The fraction of sp³-hybridized carbons (Fsp3) is 0.150. The van der Waals surface area contributed by atoms with Gasteiger partial charge in [-0.15, -0.1) is 6.58 Å². The van der Waals surface area contributed by atoms with E-state index in [0.29, 0.717) is 28.3 Å². The summed E-state index contributed by atoms with van der Waals surface area (Å²) in [6, 6.07) is 9.99. The van der Waals surface area contributed by atoms with Crippen molar-refractivity contribution < 1.29 is 19.4 Å². The normalized spacial score (nSPS) is 10.5. The zero-order valence-electron chi connectivity index (χ0n) is 15.2. The number of halogens is 1. The molecular weight excluding hydrogens is 382 g/mol. The van der Waals surface area contributed by atoms with E-state index in [1.54, 1.807) is 42.5 Å². The number of hydrogen-bond donors (Lipinski definition) is 3. The molecule has 2 aromatic carbocycles. The first-order valence-electron chi connectivity index (χ1n) is 8.31. The van der Waals surface area contributed by atoms with E-state index < -0.39 is 18.2 Å². The number of hydrazone groups is 1. The Kier molecular flexibility index (Phi) is 7.59. The number of aromatic hydroxyl groups is 1. The van der Waals surface area contributed by atoms with Crippen LogP contribution in [0, 0.1) is 0 Å². The molecular formula is C20H20ClN3O4. The van der Waals surface area contributed by atoms with Crippen LogP contribution in [0.4, 0.5) is 5.69 Å². The number of carbonyl (C=O) groups is 2. The minimum absolute atomic E-state index is 0.0276. The van der Waals surface area contributed by atoms with E-state index in [1.165, 1.54) is 13.3 Å². The van der Waals surface area contributed by atoms with Crippen molar-refractivity contribution >= 4 is 35.3 Å². The molecule has 146 valence electrons. The van der Waals surface area contributed by atoms with Crippen LogP contribution in [-0.4, -0.2) is 30.2 Å². The summed E-state index contributed by atoms with van der Waals surface area (Å²) in [4.78, 5) is 23.8. The van der Waals surface area contributed by atoms with Gasteiger partial charge in [0.25, 0.3) is 0 Å². The number of rotatable bonds is 8. The number of phenolic OH excluding ortho intramolecular Hbond substituents is 1. The Morgan fingerprint density at radius 3 is 2.71 bits per heavy atom. The molecule has 7 nitrogen and oxygen atoms in total. The third-order valence-corrected chi connectivity index (χ3v) is 3.96. The zero-order chi connectivity index (χ0) is 20.5. The van der Waals surface area contributed by atoms with Gasteiger partial charge in [0.05, 0.1) is 24.0 Å². The van der Waals surface area contributed by atoms with E-state index in [0.717, 1.165) is 0 Å². The van der Waals surface area contributed by atoms with Crippen LogP contribution in [0.25, 0.3) is 0 Å². The molecule has 0 bridgehead atoms. The number of carbonyl (C=O) groups excluding carboxylic acids is 2. The summed E-state index contributed by atoms with van der Waals surface area (Å²) < 4.78 is 5.12. The molecule has 0 aliphatic rings. The number of phenols is 1. The minimum Gasteiger partial charge on any atom is -0.504 e. The SMILES string of the molecule is C=CCc1cc(C=NNC(=O)CC(=O)Nc2ccccc2Cl)cc(OC)c1O. The van der Waals surface area contributed by atoms with Gasteiger partial charge in [0.2, 0.25) is 11.8 Å². The lowest BCUT2D eigenvalue weighted by molar-refractivity contribution is -0.126. The molecule has 0 fully saturated rings. The van der Waals surface area contributed by atoms with E-state index in [9.17, 15) is 14.7 Å². The molecule has 8 heteroatoms. The minimum atomic E-state index is -0.585. The lowest BCUT2D eigenvalue weighted by Crippen LogP contribution is -2.24. The first-order chi connectivity index (χ1) is 13.4. The molecule has 0 atom stereocenters. The number of nitrogens with one attached hydrogen (secondary N) is 2. The Morgan fingerprint density at radius 2 is 2.04 bits per heavy atom. The molecule has 2 aromatic rings. The van der Waals surface area contributed by atoms with Crippen molar-refractivity contribution in [3.8, 4) is 11.5 Å². The van der Waals surface area contributed by atoms with Crippen LogP contribution in [0.5, 0.6) is 11.5 Å². The Bertz CT molecular complexity index is 912. The van der Waals surface area contributed by atoms with Crippen LogP contribution in [0.2, 0.25) is 5.02 Å². The molecule has 0 spiro atoms. The maximum absolute atomic E-state index is 11.9. The lowest BCUT2D eigenvalue weighted by Gasteiger charge is -2.09. The summed E-state index contributed by atoms with van der Waals surface area (Å²) in [6.07, 6.45) is 3.06. The summed E-state index contributed by atoms with van der Waals surface area (Å²) in [5, 5.41) is 16.8. The van der Waals surface area contributed by atoms with Crippen LogP contribution in [0.1, 0.15) is 17.5 Å². The summed E-state index contributed by atoms with van der Waals surface area (Å²) in [6.45, 7) is 3.64. The van der Waals surface area contributed by atoms with Crippen molar-refractivity contribution in [3.63, 3.8) is 0 Å². The van der Waals surface area contributed by atoms with Gasteiger partial charge in [-0.2, -0.15) is 5.10 Å². The van der Waals surface area contributed by atoms with E-state index in [-0.39, 0.29) is 11.5 Å². The fourth-order valence-corrected chi connectivity index (χ4v) is 2.53. The van der Waals surface area contributed by atoms with Gasteiger partial charge < -0.3 is 15.2 Å². The molecule has 0 unspecified atom stereocenters. The molecule has 2 amide bonds. The van der Waals surface area contributed by atoms with Gasteiger partial charge in [0.15, 0.2) is 11.5 Å². The predicted molar refractivity (Wildman–Crippen MR) is 109 cm³/mol. The highest BCUT2D eigenvalue weighted by Gasteiger charge is 2.11. The molecule has 0 saturated carbocycles. The fourth-order valence-electron chi connectivity index (χ4n) is 2.35. The van der Waals surface area contributed by atoms with Crippen molar-refractivity contribution in [2.45, 2.75) is 12.8 Å². The summed E-state index contributed by atoms with van der Waals surface area (Å²) in [7, 11) is 1.44. The van der Waals surface area contributed by atoms with Crippen LogP contribution in [0.3, 0.4) is 0 Å². The second kappa shape index (κ2) is 10.1. The molecule has 28 heavy (non-hydrogen) atoms. The van der Waals surface area contributed by atoms with E-state index in [2.05, 4.69) is 22.4 Å². The second-order valence-electron chi connectivity index (χ2n) is 5.72. The maximum Gasteiger partial charge on any atom is 0.249 e. The van der Waals surface area contributed by atoms with Crippen LogP contribution >= 0.6 is 11.6 Å². The Hall–Kier alpha value is -3.32. The van der Waals surface area contributed by atoms with Crippen molar-refractivity contribution in [1.29, 1.82) is 0 Å². The van der Waals surface area contributed by atoms with Crippen molar-refractivity contribution in [2.24, 2.45) is 5.10 Å². The number of allylic oxidation sites excluding steroid dienone is 1. The van der Waals surface area contributed by atoms with Gasteiger partial charge in [-0.1, -0.05) is 29.8 Å². The average Bonchev–Trinajstić information content (AvgIpc) is 2.66. The Morgan fingerprint density at radius 1 is 1.29 bits per heavy atom. The standard InChI is InChI=1S/C20H20ClN3O4/c1-3-6-14-9-13(10-17(28-2)20(14)27)12-22-24-19(26)11-18(25)23-16-8-5-4-7-15(16)21/h3-5,7-10,12,27H,1,6,11H2,2H3,(H,23,25)(H,24,26). The number of hydrogen-bond acceptors (Lipinski definition) is 5. The predicted octanol–water partition coefficient (Wildman–Crippen LogP) is 3.26. The number of anilines is 1. The molecule has 0 saturated heterocycles. The highest BCUT2D eigenvalue weighted by molar-refractivity contribution is 6.33. The lowest BCUT2D eigenvalue weighted by atomic mass is 10.1. The molecule has 0 aromatic heterocycles. The number of nitrogens with zero attached hydrogens (tertiary/aromatic N) is 1. The van der Waals surface area contributed by atoms with Crippen molar-refractivity contribution in [3.05, 3.63) is 65.2 Å². The first-order valence-corrected chi connectivity index (χ1v) is 8.69. The first kappa shape index (κ1) is 21.0. The van der Waals surface area contributed by atoms with Crippen LogP contribution < -0.4 is 15.5 Å². The highest BCUT2D eigenvalue weighted by Crippen LogP contribution is 2.31. The van der Waals surface area contributed by atoms with Crippen molar-refractivity contribution in [1.82, 2.24) is 5.43 Å². The Balaban J connectivity index is 1.95. The van der Waals surface area contributed by atoms with Crippen molar-refractivity contribution in [2.75, 3.05) is 12.4 Å². The quantitative estimate of drug-likeness (QED) is 0.273. The monoisotopic (exact) mass is 401 g/mol. The summed E-state index contributed by atoms with van der Waals surface area (Å²) >= 11 is 5.95. The topological polar surface area (TPSA) is 100 Å². The number of amides is 2. The summed E-state index contributed by atoms with van der Waals surface area (Å²) in [5.41, 5.74) is 3.92.